The summed E-state index contributed by atoms with van der Waals surface area (Å²) in [5.74, 6) is 1.07. The lowest BCUT2D eigenvalue weighted by Crippen LogP contribution is -2.02. The Morgan fingerprint density at radius 1 is 1.24 bits per heavy atom. The molecule has 1 unspecified atom stereocenters. The maximum Gasteiger partial charge on any atom is 0.132 e. The van der Waals surface area contributed by atoms with E-state index in [4.69, 9.17) is 4.42 Å². The summed E-state index contributed by atoms with van der Waals surface area (Å²) in [5.41, 5.74) is 1.76. The Bertz CT molecular complexity index is 517. The summed E-state index contributed by atoms with van der Waals surface area (Å²) in [6.45, 7) is 3.66. The van der Waals surface area contributed by atoms with Gasteiger partial charge in [0, 0.05) is 6.42 Å². The van der Waals surface area contributed by atoms with Gasteiger partial charge in [0.05, 0.1) is 0 Å². The number of hydrogen-bond acceptors (Lipinski definition) is 2. The van der Waals surface area contributed by atoms with E-state index in [1.807, 2.05) is 19.9 Å². The minimum Gasteiger partial charge on any atom is -0.464 e. The van der Waals surface area contributed by atoms with Gasteiger partial charge in [-0.1, -0.05) is 6.07 Å². The van der Waals surface area contributed by atoms with Gasteiger partial charge in [0.15, 0.2) is 0 Å². The molecule has 1 aromatic heterocycles. The molecule has 0 amide bonds. The fourth-order valence-electron chi connectivity index (χ4n) is 1.83. The molecule has 0 aliphatic rings. The van der Waals surface area contributed by atoms with Gasteiger partial charge in [0.2, 0.25) is 0 Å². The van der Waals surface area contributed by atoms with Crippen LogP contribution in [0.15, 0.2) is 34.7 Å². The summed E-state index contributed by atoms with van der Waals surface area (Å²) in [4.78, 5) is 0. The van der Waals surface area contributed by atoms with Crippen molar-refractivity contribution < 1.29 is 13.9 Å². The standard InChI is InChI=1S/C14H15FO2/c1-9-7-12(15)5-4-11(9)8-13(16)14-6-3-10(2)17-14/h3-7,13,16H,8H2,1-2H3. The van der Waals surface area contributed by atoms with E-state index in [2.05, 4.69) is 0 Å². The minimum atomic E-state index is -0.687. The third-order valence-electron chi connectivity index (χ3n) is 2.81. The number of aryl methyl sites for hydroxylation is 2. The number of hydrogen-bond donors (Lipinski definition) is 1. The predicted molar refractivity (Wildman–Crippen MR) is 63.2 cm³/mol. The van der Waals surface area contributed by atoms with Crippen LogP contribution in [-0.4, -0.2) is 5.11 Å². The maximum absolute atomic E-state index is 12.9. The summed E-state index contributed by atoms with van der Waals surface area (Å²) in [5, 5.41) is 9.99. The quantitative estimate of drug-likeness (QED) is 0.883. The zero-order chi connectivity index (χ0) is 12.4. The largest absolute Gasteiger partial charge is 0.464 e. The van der Waals surface area contributed by atoms with Crippen LogP contribution in [0.5, 0.6) is 0 Å². The number of halogens is 1. The van der Waals surface area contributed by atoms with Gasteiger partial charge < -0.3 is 9.52 Å². The Kier molecular flexibility index (Phi) is 3.29. The van der Waals surface area contributed by atoms with E-state index in [0.29, 0.717) is 12.2 Å². The van der Waals surface area contributed by atoms with E-state index in [1.54, 1.807) is 12.1 Å². The fourth-order valence-corrected chi connectivity index (χ4v) is 1.83. The smallest absolute Gasteiger partial charge is 0.132 e. The van der Waals surface area contributed by atoms with Gasteiger partial charge in [0.1, 0.15) is 23.4 Å². The highest BCUT2D eigenvalue weighted by atomic mass is 19.1. The molecule has 0 radical (unpaired) electrons. The Labute approximate surface area is 99.7 Å². The number of furan rings is 1. The number of aliphatic hydroxyl groups excluding tert-OH is 1. The minimum absolute atomic E-state index is 0.255. The van der Waals surface area contributed by atoms with Crippen molar-refractivity contribution >= 4 is 0 Å². The molecule has 0 fully saturated rings. The normalized spacial score (nSPS) is 12.7. The van der Waals surface area contributed by atoms with E-state index in [1.165, 1.54) is 12.1 Å². The number of aliphatic hydroxyl groups is 1. The summed E-state index contributed by atoms with van der Waals surface area (Å²) in [7, 11) is 0. The first-order chi connectivity index (χ1) is 8.06. The van der Waals surface area contributed by atoms with E-state index in [9.17, 15) is 9.50 Å². The van der Waals surface area contributed by atoms with Crippen molar-refractivity contribution in [2.24, 2.45) is 0 Å². The molecule has 2 nitrogen and oxygen atoms in total. The van der Waals surface area contributed by atoms with Crippen LogP contribution >= 0.6 is 0 Å². The molecule has 0 aliphatic carbocycles. The summed E-state index contributed by atoms with van der Waals surface area (Å²) in [6, 6.07) is 8.15. The molecule has 0 saturated heterocycles. The van der Waals surface area contributed by atoms with E-state index in [0.717, 1.165) is 16.9 Å². The molecule has 1 aromatic carbocycles. The van der Waals surface area contributed by atoms with Crippen LogP contribution in [0.4, 0.5) is 4.39 Å². The van der Waals surface area contributed by atoms with Crippen LogP contribution in [0.3, 0.4) is 0 Å². The summed E-state index contributed by atoms with van der Waals surface area (Å²) in [6.07, 6.45) is -0.258. The molecule has 3 heteroatoms. The van der Waals surface area contributed by atoms with Crippen LogP contribution in [0.2, 0.25) is 0 Å². The van der Waals surface area contributed by atoms with Crippen molar-refractivity contribution in [3.63, 3.8) is 0 Å². The van der Waals surface area contributed by atoms with Crippen molar-refractivity contribution in [2.45, 2.75) is 26.4 Å². The molecule has 0 aliphatic heterocycles. The van der Waals surface area contributed by atoms with E-state index in [-0.39, 0.29) is 5.82 Å². The van der Waals surface area contributed by atoms with Crippen molar-refractivity contribution in [2.75, 3.05) is 0 Å². The molecule has 1 heterocycles. The van der Waals surface area contributed by atoms with Crippen LogP contribution < -0.4 is 0 Å². The van der Waals surface area contributed by atoms with Gasteiger partial charge in [-0.25, -0.2) is 4.39 Å². The average Bonchev–Trinajstić information content (AvgIpc) is 2.69. The maximum atomic E-state index is 12.9. The molecular weight excluding hydrogens is 219 g/mol. The third kappa shape index (κ3) is 2.74. The molecule has 90 valence electrons. The predicted octanol–water partition coefficient (Wildman–Crippen LogP) is 3.31. The van der Waals surface area contributed by atoms with Gasteiger partial charge in [0.25, 0.3) is 0 Å². The Morgan fingerprint density at radius 2 is 2.00 bits per heavy atom. The Balaban J connectivity index is 2.15. The van der Waals surface area contributed by atoms with Crippen LogP contribution in [-0.2, 0) is 6.42 Å². The number of rotatable bonds is 3. The second-order valence-corrected chi connectivity index (χ2v) is 4.24. The third-order valence-corrected chi connectivity index (χ3v) is 2.81. The van der Waals surface area contributed by atoms with Crippen molar-refractivity contribution in [3.8, 4) is 0 Å². The first-order valence-corrected chi connectivity index (χ1v) is 5.55. The van der Waals surface area contributed by atoms with Gasteiger partial charge >= 0.3 is 0 Å². The highest BCUT2D eigenvalue weighted by molar-refractivity contribution is 5.28. The van der Waals surface area contributed by atoms with Crippen molar-refractivity contribution in [3.05, 3.63) is 58.8 Å². The van der Waals surface area contributed by atoms with Gasteiger partial charge in [-0.3, -0.25) is 0 Å². The van der Waals surface area contributed by atoms with E-state index < -0.39 is 6.10 Å². The molecule has 0 bridgehead atoms. The zero-order valence-electron chi connectivity index (χ0n) is 9.90. The lowest BCUT2D eigenvalue weighted by Gasteiger charge is -2.10. The van der Waals surface area contributed by atoms with Gasteiger partial charge in [-0.05, 0) is 49.2 Å². The second kappa shape index (κ2) is 4.72. The van der Waals surface area contributed by atoms with Crippen molar-refractivity contribution in [1.82, 2.24) is 0 Å². The lowest BCUT2D eigenvalue weighted by molar-refractivity contribution is 0.148. The Morgan fingerprint density at radius 3 is 2.59 bits per heavy atom. The Hall–Kier alpha value is -1.61. The van der Waals surface area contributed by atoms with Crippen LogP contribution in [0.1, 0.15) is 28.8 Å². The first kappa shape index (κ1) is 11.9. The lowest BCUT2D eigenvalue weighted by atomic mass is 10.0. The molecule has 1 atom stereocenters. The fraction of sp³-hybridized carbons (Fsp3) is 0.286. The summed E-state index contributed by atoms with van der Waals surface area (Å²) < 4.78 is 18.3. The van der Waals surface area contributed by atoms with Gasteiger partial charge in [-0.15, -0.1) is 0 Å². The molecule has 17 heavy (non-hydrogen) atoms. The molecular formula is C14H15FO2. The molecule has 2 aromatic rings. The average molecular weight is 234 g/mol. The summed E-state index contributed by atoms with van der Waals surface area (Å²) >= 11 is 0. The van der Waals surface area contributed by atoms with Gasteiger partial charge in [-0.2, -0.15) is 0 Å². The molecule has 0 saturated carbocycles. The molecule has 1 N–H and O–H groups in total. The topological polar surface area (TPSA) is 33.4 Å². The highest BCUT2D eigenvalue weighted by Crippen LogP contribution is 2.22. The second-order valence-electron chi connectivity index (χ2n) is 4.24. The zero-order valence-corrected chi connectivity index (χ0v) is 9.90. The van der Waals surface area contributed by atoms with Crippen LogP contribution in [0.25, 0.3) is 0 Å². The molecule has 0 spiro atoms. The monoisotopic (exact) mass is 234 g/mol. The first-order valence-electron chi connectivity index (χ1n) is 5.55. The number of benzene rings is 1. The SMILES string of the molecule is Cc1ccc(C(O)Cc2ccc(F)cc2C)o1. The van der Waals surface area contributed by atoms with E-state index >= 15 is 0 Å². The van der Waals surface area contributed by atoms with Crippen LogP contribution in [0, 0.1) is 19.7 Å². The molecule has 2 rings (SSSR count). The highest BCUT2D eigenvalue weighted by Gasteiger charge is 2.13. The van der Waals surface area contributed by atoms with Crippen molar-refractivity contribution in [1.29, 1.82) is 0 Å².